The number of carbonyl (C=O) groups excluding carboxylic acids is 4. The van der Waals surface area contributed by atoms with Crippen LogP contribution in [0.15, 0.2) is 30.3 Å². The van der Waals surface area contributed by atoms with Crippen LogP contribution in [0.4, 0.5) is 4.79 Å². The number of carbonyl (C=O) groups is 4. The van der Waals surface area contributed by atoms with Gasteiger partial charge in [0.2, 0.25) is 5.91 Å². The van der Waals surface area contributed by atoms with Crippen LogP contribution < -0.4 is 10.6 Å². The molecule has 2 saturated heterocycles. The van der Waals surface area contributed by atoms with Crippen molar-refractivity contribution in [1.82, 2.24) is 15.5 Å². The molecule has 1 aromatic carbocycles. The van der Waals surface area contributed by atoms with Gasteiger partial charge in [-0.1, -0.05) is 30.3 Å². The van der Waals surface area contributed by atoms with Gasteiger partial charge in [0.05, 0.1) is 0 Å². The van der Waals surface area contributed by atoms with Gasteiger partial charge in [-0.15, -0.1) is 11.8 Å². The smallest absolute Gasteiger partial charge is 0.330 e. The van der Waals surface area contributed by atoms with Gasteiger partial charge in [-0.05, 0) is 18.9 Å². The molecule has 2 aliphatic rings. The highest BCUT2D eigenvalue weighted by Gasteiger charge is 2.57. The lowest BCUT2D eigenvalue weighted by atomic mass is 10.0. The molecular weight excluding hydrogens is 370 g/mol. The maximum Gasteiger partial charge on any atom is 0.330 e. The lowest BCUT2D eigenvalue weighted by Gasteiger charge is -2.33. The van der Waals surface area contributed by atoms with Crippen molar-refractivity contribution < 1.29 is 23.9 Å². The van der Waals surface area contributed by atoms with E-state index in [2.05, 4.69) is 10.6 Å². The van der Waals surface area contributed by atoms with Crippen molar-refractivity contribution in [3.05, 3.63) is 35.9 Å². The SMILES string of the molecule is CCNC(=O)NC(=O)COC(=O)[C@H]1CS[C@@]2(c3ccccc3)CCC(=O)N12. The van der Waals surface area contributed by atoms with Gasteiger partial charge in [-0.25, -0.2) is 9.59 Å². The van der Waals surface area contributed by atoms with E-state index in [1.165, 1.54) is 0 Å². The number of thioether (sulfide) groups is 1. The zero-order valence-electron chi connectivity index (χ0n) is 14.9. The predicted molar refractivity (Wildman–Crippen MR) is 98.6 cm³/mol. The Bertz CT molecular complexity index is 757. The van der Waals surface area contributed by atoms with Crippen molar-refractivity contribution in [2.24, 2.45) is 0 Å². The lowest BCUT2D eigenvalue weighted by Crippen LogP contribution is -2.47. The van der Waals surface area contributed by atoms with E-state index in [9.17, 15) is 19.2 Å². The Kier molecular flexibility index (Phi) is 5.69. The molecule has 3 rings (SSSR count). The number of nitrogens with zero attached hydrogens (tertiary/aromatic N) is 1. The van der Waals surface area contributed by atoms with Crippen LogP contribution in [0.2, 0.25) is 0 Å². The number of imide groups is 1. The molecule has 2 heterocycles. The molecule has 2 fully saturated rings. The molecule has 2 atom stereocenters. The standard InChI is InChI=1S/C18H21N3O5S/c1-2-19-17(25)20-14(22)10-26-16(24)13-11-27-18(9-8-15(23)21(13)18)12-6-4-3-5-7-12/h3-7,13H,2,8-11H2,1H3,(H2,19,20,22,25)/t13-,18-/m1/s1. The quantitative estimate of drug-likeness (QED) is 0.725. The Morgan fingerprint density at radius 3 is 2.74 bits per heavy atom. The average Bonchev–Trinajstić information content (AvgIpc) is 3.20. The molecule has 8 nitrogen and oxygen atoms in total. The topological polar surface area (TPSA) is 105 Å². The number of urea groups is 1. The molecule has 9 heteroatoms. The summed E-state index contributed by atoms with van der Waals surface area (Å²) in [5.41, 5.74) is 0.977. The number of benzene rings is 1. The van der Waals surface area contributed by atoms with Crippen LogP contribution in [0.5, 0.6) is 0 Å². The fourth-order valence-electron chi connectivity index (χ4n) is 3.42. The molecule has 2 aliphatic heterocycles. The Balaban J connectivity index is 1.65. The number of amides is 4. The summed E-state index contributed by atoms with van der Waals surface area (Å²) in [4.78, 5) is 49.0. The third kappa shape index (κ3) is 3.78. The van der Waals surface area contributed by atoms with E-state index in [1.807, 2.05) is 30.3 Å². The fraction of sp³-hybridized carbons (Fsp3) is 0.444. The van der Waals surface area contributed by atoms with Crippen molar-refractivity contribution in [3.8, 4) is 0 Å². The molecule has 1 aromatic rings. The van der Waals surface area contributed by atoms with E-state index in [1.54, 1.807) is 23.6 Å². The zero-order valence-corrected chi connectivity index (χ0v) is 15.7. The van der Waals surface area contributed by atoms with E-state index in [0.29, 0.717) is 25.1 Å². The first-order valence-electron chi connectivity index (χ1n) is 8.74. The van der Waals surface area contributed by atoms with Crippen LogP contribution >= 0.6 is 11.8 Å². The highest BCUT2D eigenvalue weighted by molar-refractivity contribution is 8.00. The number of ether oxygens (including phenoxy) is 1. The van der Waals surface area contributed by atoms with Gasteiger partial charge < -0.3 is 15.0 Å². The number of hydrogen-bond acceptors (Lipinski definition) is 6. The van der Waals surface area contributed by atoms with Crippen LogP contribution in [0.3, 0.4) is 0 Å². The third-order valence-corrected chi connectivity index (χ3v) is 6.16. The van der Waals surface area contributed by atoms with Gasteiger partial charge in [-0.3, -0.25) is 14.9 Å². The molecule has 0 radical (unpaired) electrons. The second kappa shape index (κ2) is 7.99. The number of fused-ring (bicyclic) bond motifs is 1. The van der Waals surface area contributed by atoms with Crippen molar-refractivity contribution in [2.45, 2.75) is 30.7 Å². The normalized spacial score (nSPS) is 23.7. The maximum absolute atomic E-state index is 12.5. The van der Waals surface area contributed by atoms with Crippen molar-refractivity contribution in [2.75, 3.05) is 18.9 Å². The van der Waals surface area contributed by atoms with Gasteiger partial charge in [0.25, 0.3) is 5.91 Å². The zero-order chi connectivity index (χ0) is 19.4. The van der Waals surface area contributed by atoms with Crippen molar-refractivity contribution in [1.29, 1.82) is 0 Å². The minimum absolute atomic E-state index is 0.0995. The van der Waals surface area contributed by atoms with Gasteiger partial charge in [0.15, 0.2) is 6.61 Å². The number of rotatable bonds is 5. The summed E-state index contributed by atoms with van der Waals surface area (Å²) in [6.45, 7) is 1.52. The van der Waals surface area contributed by atoms with Crippen LogP contribution in [-0.2, 0) is 24.0 Å². The molecule has 0 saturated carbocycles. The van der Waals surface area contributed by atoms with E-state index in [4.69, 9.17) is 4.74 Å². The third-order valence-electron chi connectivity index (χ3n) is 4.56. The molecule has 0 aromatic heterocycles. The van der Waals surface area contributed by atoms with Gasteiger partial charge >= 0.3 is 12.0 Å². The predicted octanol–water partition coefficient (Wildman–Crippen LogP) is 0.966. The van der Waals surface area contributed by atoms with Crippen LogP contribution in [0.25, 0.3) is 0 Å². The first kappa shape index (κ1) is 19.2. The molecule has 4 amide bonds. The largest absolute Gasteiger partial charge is 0.454 e. The molecule has 144 valence electrons. The highest BCUT2D eigenvalue weighted by Crippen LogP contribution is 2.54. The number of nitrogens with one attached hydrogen (secondary N) is 2. The Morgan fingerprint density at radius 2 is 2.04 bits per heavy atom. The first-order chi connectivity index (χ1) is 13.0. The summed E-state index contributed by atoms with van der Waals surface area (Å²) in [5, 5.41) is 4.47. The van der Waals surface area contributed by atoms with E-state index < -0.39 is 35.4 Å². The minimum Gasteiger partial charge on any atom is -0.454 e. The van der Waals surface area contributed by atoms with Crippen LogP contribution in [0, 0.1) is 0 Å². The summed E-state index contributed by atoms with van der Waals surface area (Å²) in [5.74, 6) is -1.06. The Labute approximate surface area is 161 Å². The molecule has 0 aliphatic carbocycles. The van der Waals surface area contributed by atoms with Crippen molar-refractivity contribution >= 4 is 35.6 Å². The van der Waals surface area contributed by atoms with E-state index >= 15 is 0 Å². The summed E-state index contributed by atoms with van der Waals surface area (Å²) < 4.78 is 5.07. The van der Waals surface area contributed by atoms with E-state index in [-0.39, 0.29) is 5.91 Å². The lowest BCUT2D eigenvalue weighted by molar-refractivity contribution is -0.156. The molecule has 0 bridgehead atoms. The van der Waals surface area contributed by atoms with Crippen LogP contribution in [0.1, 0.15) is 25.3 Å². The monoisotopic (exact) mass is 391 g/mol. The number of esters is 1. The van der Waals surface area contributed by atoms with Gasteiger partial charge in [0.1, 0.15) is 10.9 Å². The molecule has 27 heavy (non-hydrogen) atoms. The molecular formula is C18H21N3O5S. The Morgan fingerprint density at radius 1 is 1.30 bits per heavy atom. The van der Waals surface area contributed by atoms with Crippen molar-refractivity contribution in [3.63, 3.8) is 0 Å². The van der Waals surface area contributed by atoms with Gasteiger partial charge in [-0.2, -0.15) is 0 Å². The summed E-state index contributed by atoms with van der Waals surface area (Å²) in [6.07, 6.45) is 0.991. The summed E-state index contributed by atoms with van der Waals surface area (Å²) in [6, 6.07) is 8.22. The second-order valence-electron chi connectivity index (χ2n) is 6.26. The first-order valence-corrected chi connectivity index (χ1v) is 9.72. The summed E-state index contributed by atoms with van der Waals surface area (Å²) in [7, 11) is 0. The Hall–Kier alpha value is -2.55. The molecule has 2 N–H and O–H groups in total. The molecule has 0 unspecified atom stereocenters. The molecule has 0 spiro atoms. The second-order valence-corrected chi connectivity index (χ2v) is 7.55. The minimum atomic E-state index is -0.748. The van der Waals surface area contributed by atoms with Gasteiger partial charge in [0, 0.05) is 18.7 Å². The number of hydrogen-bond donors (Lipinski definition) is 2. The fourth-order valence-corrected chi connectivity index (χ4v) is 5.05. The van der Waals surface area contributed by atoms with Crippen LogP contribution in [-0.4, -0.2) is 53.7 Å². The van der Waals surface area contributed by atoms with E-state index in [0.717, 1.165) is 5.56 Å². The maximum atomic E-state index is 12.5. The average molecular weight is 391 g/mol. The highest BCUT2D eigenvalue weighted by atomic mass is 32.2. The summed E-state index contributed by atoms with van der Waals surface area (Å²) >= 11 is 1.54.